The van der Waals surface area contributed by atoms with Crippen LogP contribution in [-0.4, -0.2) is 13.2 Å². The van der Waals surface area contributed by atoms with E-state index in [1.54, 1.807) is 19.1 Å². The zero-order valence-corrected chi connectivity index (χ0v) is 10.7. The molecule has 1 aliphatic heterocycles. The van der Waals surface area contributed by atoms with Crippen LogP contribution in [0.25, 0.3) is 0 Å². The fourth-order valence-corrected chi connectivity index (χ4v) is 2.27. The van der Waals surface area contributed by atoms with Gasteiger partial charge in [-0.05, 0) is 36.8 Å². The lowest BCUT2D eigenvalue weighted by molar-refractivity contribution is 0.248. The summed E-state index contributed by atoms with van der Waals surface area (Å²) in [6, 6.07) is 12.8. The minimum absolute atomic E-state index is 0.207. The molecular formula is C16H15FO2. The van der Waals surface area contributed by atoms with Crippen LogP contribution < -0.4 is 9.47 Å². The van der Waals surface area contributed by atoms with E-state index >= 15 is 0 Å². The molecule has 1 atom stereocenters. The predicted octanol–water partition coefficient (Wildman–Crippen LogP) is 3.69. The van der Waals surface area contributed by atoms with Crippen molar-refractivity contribution >= 4 is 0 Å². The number of hydrogen-bond donors (Lipinski definition) is 0. The Balaban J connectivity index is 1.69. The number of ether oxygens (including phenoxy) is 2. The highest BCUT2D eigenvalue weighted by Gasteiger charge is 2.24. The van der Waals surface area contributed by atoms with Crippen molar-refractivity contribution in [3.05, 3.63) is 59.4 Å². The molecule has 0 fully saturated rings. The smallest absolute Gasteiger partial charge is 0.126 e. The number of halogens is 1. The Morgan fingerprint density at radius 1 is 1.26 bits per heavy atom. The van der Waals surface area contributed by atoms with E-state index in [0.717, 1.165) is 5.75 Å². The molecule has 0 amide bonds. The highest BCUT2D eigenvalue weighted by molar-refractivity contribution is 5.40. The van der Waals surface area contributed by atoms with Gasteiger partial charge in [-0.1, -0.05) is 18.2 Å². The molecule has 0 N–H and O–H groups in total. The van der Waals surface area contributed by atoms with Gasteiger partial charge in [0.15, 0.2) is 0 Å². The van der Waals surface area contributed by atoms with Crippen LogP contribution in [0.2, 0.25) is 0 Å². The normalized spacial score (nSPS) is 16.8. The van der Waals surface area contributed by atoms with Gasteiger partial charge in [-0.2, -0.15) is 0 Å². The monoisotopic (exact) mass is 258 g/mol. The van der Waals surface area contributed by atoms with Crippen molar-refractivity contribution in [1.29, 1.82) is 0 Å². The Morgan fingerprint density at radius 2 is 2.11 bits per heavy atom. The molecular weight excluding hydrogens is 243 g/mol. The largest absolute Gasteiger partial charge is 0.493 e. The molecule has 0 radical (unpaired) electrons. The van der Waals surface area contributed by atoms with Gasteiger partial charge in [-0.15, -0.1) is 0 Å². The summed E-state index contributed by atoms with van der Waals surface area (Å²) in [4.78, 5) is 0. The molecule has 1 aliphatic rings. The first kappa shape index (κ1) is 12.0. The maximum atomic E-state index is 13.2. The van der Waals surface area contributed by atoms with E-state index in [9.17, 15) is 4.39 Å². The van der Waals surface area contributed by atoms with Crippen molar-refractivity contribution in [2.24, 2.45) is 0 Å². The zero-order chi connectivity index (χ0) is 13.2. The van der Waals surface area contributed by atoms with E-state index in [-0.39, 0.29) is 11.7 Å². The molecule has 3 heteroatoms. The zero-order valence-electron chi connectivity index (χ0n) is 10.7. The van der Waals surface area contributed by atoms with Crippen LogP contribution >= 0.6 is 0 Å². The molecule has 0 aliphatic carbocycles. The minimum atomic E-state index is -0.207. The van der Waals surface area contributed by atoms with Crippen molar-refractivity contribution in [3.8, 4) is 11.5 Å². The Bertz CT molecular complexity index is 595. The first-order valence-corrected chi connectivity index (χ1v) is 6.35. The summed E-state index contributed by atoms with van der Waals surface area (Å²) >= 11 is 0. The summed E-state index contributed by atoms with van der Waals surface area (Å²) < 4.78 is 24.5. The van der Waals surface area contributed by atoms with Gasteiger partial charge in [-0.25, -0.2) is 4.39 Å². The number of aryl methyl sites for hydroxylation is 1. The Hall–Kier alpha value is -2.03. The number of para-hydroxylation sites is 1. The number of hydrogen-bond acceptors (Lipinski definition) is 2. The van der Waals surface area contributed by atoms with E-state index in [2.05, 4.69) is 6.07 Å². The van der Waals surface area contributed by atoms with Crippen LogP contribution in [0.4, 0.5) is 4.39 Å². The van der Waals surface area contributed by atoms with E-state index < -0.39 is 0 Å². The molecule has 2 aromatic carbocycles. The molecule has 1 heterocycles. The third kappa shape index (κ3) is 2.41. The molecule has 2 aromatic rings. The average Bonchev–Trinajstić information content (AvgIpc) is 2.83. The molecule has 3 rings (SSSR count). The first-order valence-electron chi connectivity index (χ1n) is 6.35. The second kappa shape index (κ2) is 4.92. The Labute approximate surface area is 111 Å². The second-order valence-corrected chi connectivity index (χ2v) is 4.77. The quantitative estimate of drug-likeness (QED) is 0.836. The van der Waals surface area contributed by atoms with Crippen molar-refractivity contribution in [3.63, 3.8) is 0 Å². The summed E-state index contributed by atoms with van der Waals surface area (Å²) in [5.41, 5.74) is 1.78. The standard InChI is InChI=1S/C16H15FO2/c1-11-8-13(6-7-15(11)17)18-9-12-10-19-16-5-3-2-4-14(12)16/h2-8,12H,9-10H2,1H3. The molecule has 0 spiro atoms. The van der Waals surface area contributed by atoms with Gasteiger partial charge < -0.3 is 9.47 Å². The van der Waals surface area contributed by atoms with Gasteiger partial charge in [0, 0.05) is 5.56 Å². The van der Waals surface area contributed by atoms with Crippen LogP contribution in [0.5, 0.6) is 11.5 Å². The molecule has 1 unspecified atom stereocenters. The van der Waals surface area contributed by atoms with Crippen molar-refractivity contribution in [2.75, 3.05) is 13.2 Å². The summed E-state index contributed by atoms with van der Waals surface area (Å²) in [6.45, 7) is 2.91. The predicted molar refractivity (Wildman–Crippen MR) is 71.3 cm³/mol. The molecule has 0 saturated heterocycles. The third-order valence-electron chi connectivity index (χ3n) is 3.38. The second-order valence-electron chi connectivity index (χ2n) is 4.77. The maximum Gasteiger partial charge on any atom is 0.126 e. The van der Waals surface area contributed by atoms with Gasteiger partial charge in [0.2, 0.25) is 0 Å². The Kier molecular flexibility index (Phi) is 3.11. The lowest BCUT2D eigenvalue weighted by Gasteiger charge is -2.11. The van der Waals surface area contributed by atoms with E-state index in [0.29, 0.717) is 24.5 Å². The van der Waals surface area contributed by atoms with E-state index in [1.165, 1.54) is 11.6 Å². The van der Waals surface area contributed by atoms with Crippen LogP contribution in [0.15, 0.2) is 42.5 Å². The molecule has 0 bridgehead atoms. The fourth-order valence-electron chi connectivity index (χ4n) is 2.27. The summed E-state index contributed by atoms with van der Waals surface area (Å²) in [7, 11) is 0. The minimum Gasteiger partial charge on any atom is -0.493 e. The summed E-state index contributed by atoms with van der Waals surface area (Å²) in [5, 5.41) is 0. The molecule has 19 heavy (non-hydrogen) atoms. The lowest BCUT2D eigenvalue weighted by atomic mass is 10.0. The third-order valence-corrected chi connectivity index (χ3v) is 3.38. The van der Waals surface area contributed by atoms with Crippen molar-refractivity contribution in [2.45, 2.75) is 12.8 Å². The van der Waals surface area contributed by atoms with Gasteiger partial charge in [0.1, 0.15) is 17.3 Å². The van der Waals surface area contributed by atoms with E-state index in [4.69, 9.17) is 9.47 Å². The summed E-state index contributed by atoms with van der Waals surface area (Å²) in [6.07, 6.45) is 0. The SMILES string of the molecule is Cc1cc(OCC2COc3ccccc32)ccc1F. The van der Waals surface area contributed by atoms with Crippen molar-refractivity contribution < 1.29 is 13.9 Å². The molecule has 0 aromatic heterocycles. The van der Waals surface area contributed by atoms with Gasteiger partial charge in [0.05, 0.1) is 19.1 Å². The van der Waals surface area contributed by atoms with E-state index in [1.807, 2.05) is 18.2 Å². The number of rotatable bonds is 3. The maximum absolute atomic E-state index is 13.2. The first-order chi connectivity index (χ1) is 9.24. The van der Waals surface area contributed by atoms with Crippen LogP contribution in [0.1, 0.15) is 17.0 Å². The van der Waals surface area contributed by atoms with Gasteiger partial charge in [-0.3, -0.25) is 0 Å². The summed E-state index contributed by atoms with van der Waals surface area (Å²) in [5.74, 6) is 1.66. The number of benzene rings is 2. The van der Waals surface area contributed by atoms with Gasteiger partial charge >= 0.3 is 0 Å². The van der Waals surface area contributed by atoms with Crippen molar-refractivity contribution in [1.82, 2.24) is 0 Å². The molecule has 0 saturated carbocycles. The number of fused-ring (bicyclic) bond motifs is 1. The fraction of sp³-hybridized carbons (Fsp3) is 0.250. The molecule has 2 nitrogen and oxygen atoms in total. The lowest BCUT2D eigenvalue weighted by Crippen LogP contribution is -2.11. The highest BCUT2D eigenvalue weighted by Crippen LogP contribution is 2.33. The van der Waals surface area contributed by atoms with Crippen LogP contribution in [0.3, 0.4) is 0 Å². The highest BCUT2D eigenvalue weighted by atomic mass is 19.1. The molecule has 98 valence electrons. The van der Waals surface area contributed by atoms with Gasteiger partial charge in [0.25, 0.3) is 0 Å². The average molecular weight is 258 g/mol. The van der Waals surface area contributed by atoms with Crippen LogP contribution in [0, 0.1) is 12.7 Å². The Morgan fingerprint density at radius 3 is 2.95 bits per heavy atom. The topological polar surface area (TPSA) is 18.5 Å². The van der Waals surface area contributed by atoms with Crippen LogP contribution in [-0.2, 0) is 0 Å².